The van der Waals surface area contributed by atoms with E-state index >= 15 is 0 Å². The average molecular weight is 402 g/mol. The van der Waals surface area contributed by atoms with E-state index in [2.05, 4.69) is 0 Å². The van der Waals surface area contributed by atoms with E-state index in [-0.39, 0.29) is 133 Å². The predicted molar refractivity (Wildman–Crippen MR) is 13.3 cm³/mol. The Bertz CT molecular complexity index is 11.6. The van der Waals surface area contributed by atoms with Crippen LogP contribution in [0.3, 0.4) is 0 Å². The SMILES string of the molecule is [Ba+2].[Bi].[H-].[K+].[O-2]. The molecule has 0 aromatic rings. The van der Waals surface area contributed by atoms with Gasteiger partial charge in [0.2, 0.25) is 0 Å². The van der Waals surface area contributed by atoms with Crippen LogP contribution in [-0.4, -0.2) is 75.1 Å². The molecule has 3 radical (unpaired) electrons. The number of hydrogen-bond donors (Lipinski definition) is 0. The van der Waals surface area contributed by atoms with E-state index in [4.69, 9.17) is 0 Å². The van der Waals surface area contributed by atoms with Gasteiger partial charge in [-0.25, -0.2) is 0 Å². The number of hydrogen-bond acceptors (Lipinski definition) is 0. The Kier molecular flexibility index (Phi) is 95.9. The van der Waals surface area contributed by atoms with E-state index in [0.29, 0.717) is 0 Å². The summed E-state index contributed by atoms with van der Waals surface area (Å²) in [7, 11) is 0. The van der Waals surface area contributed by atoms with Crippen LogP contribution in [0, 0.1) is 0 Å². The Morgan fingerprint density at radius 3 is 1.25 bits per heavy atom. The van der Waals surface area contributed by atoms with Crippen LogP contribution in [0.15, 0.2) is 0 Å². The molecule has 0 amide bonds. The first-order valence-electron chi connectivity index (χ1n) is 0. The van der Waals surface area contributed by atoms with Gasteiger partial charge in [-0.1, -0.05) is 0 Å². The maximum atomic E-state index is 0. The summed E-state index contributed by atoms with van der Waals surface area (Å²) in [4.78, 5) is 0. The van der Waals surface area contributed by atoms with Crippen LogP contribution in [0.25, 0.3) is 0 Å². The molecule has 0 saturated carbocycles. The zero-order valence-electron chi connectivity index (χ0n) is 3.56. The molecule has 0 aliphatic carbocycles. The summed E-state index contributed by atoms with van der Waals surface area (Å²) in [5.74, 6) is 0. The Balaban J connectivity index is 0. The molecule has 0 heterocycles. The molecule has 0 saturated heterocycles. The van der Waals surface area contributed by atoms with Crippen molar-refractivity contribution in [2.45, 2.75) is 0 Å². The van der Waals surface area contributed by atoms with Gasteiger partial charge in [0.25, 0.3) is 0 Å². The zero-order valence-corrected chi connectivity index (χ0v) is 13.6. The summed E-state index contributed by atoms with van der Waals surface area (Å²) < 4.78 is 0. The van der Waals surface area contributed by atoms with Gasteiger partial charge < -0.3 is 6.90 Å². The Morgan fingerprint density at radius 1 is 1.25 bits per heavy atom. The topological polar surface area (TPSA) is 28.5 Å². The van der Waals surface area contributed by atoms with Crippen molar-refractivity contribution in [1.29, 1.82) is 0 Å². The molecule has 0 N–H and O–H groups in total. The quantitative estimate of drug-likeness (QED) is 0.373. The molecule has 0 aromatic heterocycles. The van der Waals surface area contributed by atoms with Gasteiger partial charge >= 0.3 is 100 Å². The molecule has 0 fully saturated rings. The third-order valence-corrected chi connectivity index (χ3v) is 0. The molecule has 1 nitrogen and oxygen atoms in total. The first kappa shape index (κ1) is 24.4. The minimum absolute atomic E-state index is 0. The fourth-order valence-electron chi connectivity index (χ4n) is 0. The Morgan fingerprint density at radius 2 is 1.25 bits per heavy atom. The van der Waals surface area contributed by atoms with Crippen molar-refractivity contribution in [3.05, 3.63) is 0 Å². The third kappa shape index (κ3) is 9.41. The van der Waals surface area contributed by atoms with Gasteiger partial charge in [0.1, 0.15) is 0 Å². The molecule has 0 aliphatic rings. The molecule has 0 aliphatic heterocycles. The van der Waals surface area contributed by atoms with Crippen LogP contribution in [0.1, 0.15) is 1.43 Å². The molecule has 0 bridgehead atoms. The van der Waals surface area contributed by atoms with Crippen molar-refractivity contribution in [3.63, 3.8) is 0 Å². The van der Waals surface area contributed by atoms with Crippen LogP contribution in [-0.2, 0) is 5.48 Å². The van der Waals surface area contributed by atoms with Crippen molar-refractivity contribution in [2.75, 3.05) is 0 Å². The first-order chi connectivity index (χ1) is 0. The van der Waals surface area contributed by atoms with Crippen molar-refractivity contribution >= 4 is 75.1 Å². The molecule has 0 spiro atoms. The molecule has 4 heavy (non-hydrogen) atoms. The van der Waals surface area contributed by atoms with Gasteiger partial charge in [0.15, 0.2) is 0 Å². The van der Waals surface area contributed by atoms with E-state index in [1.54, 1.807) is 0 Å². The third-order valence-electron chi connectivity index (χ3n) is 0. The molecule has 4 heteroatoms. The summed E-state index contributed by atoms with van der Waals surface area (Å²) >= 11 is 0. The average Bonchev–Trinajstić information content (AvgIpc) is 0. The van der Waals surface area contributed by atoms with Crippen molar-refractivity contribution in [1.82, 2.24) is 0 Å². The molecule has 0 rings (SSSR count). The second-order valence-electron chi connectivity index (χ2n) is 0. The normalized spacial score (nSPS) is 0. The van der Waals surface area contributed by atoms with E-state index in [9.17, 15) is 0 Å². The Labute approximate surface area is 129 Å². The fourth-order valence-corrected chi connectivity index (χ4v) is 0. The Hall–Kier alpha value is 4.05. The van der Waals surface area contributed by atoms with Crippen molar-refractivity contribution in [2.24, 2.45) is 0 Å². The van der Waals surface area contributed by atoms with Gasteiger partial charge in [-0.15, -0.1) is 0 Å². The van der Waals surface area contributed by atoms with Gasteiger partial charge in [-0.3, -0.25) is 0 Å². The molecule has 0 atom stereocenters. The van der Waals surface area contributed by atoms with Crippen LogP contribution < -0.4 is 51.4 Å². The maximum absolute atomic E-state index is 0. The standard InChI is InChI=1S/Ba.Bi.K.O.H/q+2;;+1;-2;-1. The van der Waals surface area contributed by atoms with Crippen LogP contribution in [0.5, 0.6) is 0 Å². The smallest absolute Gasteiger partial charge is 2.00 e. The fraction of sp³-hybridized carbons (Fsp3) is 0. The van der Waals surface area contributed by atoms with E-state index in [1.165, 1.54) is 0 Å². The molecule has 0 aromatic carbocycles. The minimum atomic E-state index is 0. The second-order valence-corrected chi connectivity index (χ2v) is 0. The van der Waals surface area contributed by atoms with Crippen molar-refractivity contribution in [3.8, 4) is 0 Å². The minimum Gasteiger partial charge on any atom is -2.00 e. The van der Waals surface area contributed by atoms with Crippen molar-refractivity contribution < 1.29 is 58.3 Å². The predicted octanol–water partition coefficient (Wildman–Crippen LogP) is -3.76. The van der Waals surface area contributed by atoms with Gasteiger partial charge in [-0.2, -0.15) is 0 Å². The summed E-state index contributed by atoms with van der Waals surface area (Å²) in [6.07, 6.45) is 0. The summed E-state index contributed by atoms with van der Waals surface area (Å²) in [6, 6.07) is 0. The second kappa shape index (κ2) is 15.7. The van der Waals surface area contributed by atoms with Crippen LogP contribution in [0.4, 0.5) is 0 Å². The molecule has 15 valence electrons. The van der Waals surface area contributed by atoms with Gasteiger partial charge in [-0.05, 0) is 0 Å². The largest absolute Gasteiger partial charge is 2.00 e. The zero-order chi connectivity index (χ0) is 0. The van der Waals surface area contributed by atoms with Crippen LogP contribution in [0.2, 0.25) is 0 Å². The van der Waals surface area contributed by atoms with Gasteiger partial charge in [0, 0.05) is 26.2 Å². The summed E-state index contributed by atoms with van der Waals surface area (Å²) in [6.45, 7) is 0. The molecule has 0 unspecified atom stereocenters. The first-order valence-corrected chi connectivity index (χ1v) is 0. The van der Waals surface area contributed by atoms with Crippen LogP contribution >= 0.6 is 0 Å². The summed E-state index contributed by atoms with van der Waals surface area (Å²) in [5, 5.41) is 0. The van der Waals surface area contributed by atoms with E-state index in [1.807, 2.05) is 0 Å². The summed E-state index contributed by atoms with van der Waals surface area (Å²) in [5.41, 5.74) is 0. The monoisotopic (exact) mass is 403 g/mol. The molecular formula is HBaBiKO. The molecular weight excluding hydrogens is 401 g/mol. The van der Waals surface area contributed by atoms with E-state index in [0.717, 1.165) is 0 Å². The van der Waals surface area contributed by atoms with E-state index < -0.39 is 0 Å². The number of rotatable bonds is 0. The van der Waals surface area contributed by atoms with Gasteiger partial charge in [0.05, 0.1) is 0 Å². The maximum Gasteiger partial charge on any atom is 2.00 e.